The average molecular weight is 275 g/mol. The first-order chi connectivity index (χ1) is 9.34. The third-order valence-electron chi connectivity index (χ3n) is 4.74. The van der Waals surface area contributed by atoms with Crippen LogP contribution in [0, 0.1) is 0 Å². The Morgan fingerprint density at radius 3 is 2.89 bits per heavy atom. The van der Waals surface area contributed by atoms with E-state index in [-0.39, 0.29) is 0 Å². The number of fused-ring (bicyclic) bond motifs is 1. The van der Waals surface area contributed by atoms with Crippen LogP contribution in [0.15, 0.2) is 24.3 Å². The number of benzene rings is 1. The van der Waals surface area contributed by atoms with Crippen LogP contribution in [-0.4, -0.2) is 17.0 Å². The van der Waals surface area contributed by atoms with Crippen LogP contribution >= 0.6 is 11.8 Å². The number of nitrogens with two attached hydrogens (primary N) is 1. The molecule has 0 saturated carbocycles. The van der Waals surface area contributed by atoms with Gasteiger partial charge in [0.05, 0.1) is 0 Å². The molecule has 1 fully saturated rings. The van der Waals surface area contributed by atoms with E-state index >= 15 is 0 Å². The van der Waals surface area contributed by atoms with Gasteiger partial charge in [0.25, 0.3) is 0 Å². The fraction of sp³-hybridized carbons (Fsp3) is 0.647. The van der Waals surface area contributed by atoms with Crippen molar-refractivity contribution in [1.82, 2.24) is 0 Å². The molecule has 2 aliphatic rings. The summed E-state index contributed by atoms with van der Waals surface area (Å²) in [7, 11) is 0. The van der Waals surface area contributed by atoms with E-state index in [1.807, 2.05) is 0 Å². The summed E-state index contributed by atoms with van der Waals surface area (Å²) in [6, 6.07) is 9.40. The first-order valence-electron chi connectivity index (χ1n) is 7.79. The Balaban J connectivity index is 1.66. The summed E-state index contributed by atoms with van der Waals surface area (Å²) < 4.78 is 0. The maximum atomic E-state index is 6.52. The molecule has 2 N–H and O–H groups in total. The molecule has 1 aromatic carbocycles. The molecule has 1 aliphatic heterocycles. The van der Waals surface area contributed by atoms with Gasteiger partial charge < -0.3 is 5.73 Å². The summed E-state index contributed by atoms with van der Waals surface area (Å²) in [5.41, 5.74) is 9.68. The summed E-state index contributed by atoms with van der Waals surface area (Å²) in [5, 5.41) is 0.711. The second-order valence-electron chi connectivity index (χ2n) is 6.09. The van der Waals surface area contributed by atoms with Crippen LogP contribution in [0.2, 0.25) is 0 Å². The quantitative estimate of drug-likeness (QED) is 0.898. The van der Waals surface area contributed by atoms with Crippen LogP contribution in [0.25, 0.3) is 0 Å². The average Bonchev–Trinajstić information content (AvgIpc) is 2.48. The fourth-order valence-corrected chi connectivity index (χ4v) is 5.05. The molecule has 3 rings (SSSR count). The van der Waals surface area contributed by atoms with E-state index in [1.54, 1.807) is 11.1 Å². The molecule has 1 saturated heterocycles. The van der Waals surface area contributed by atoms with Crippen molar-refractivity contribution < 1.29 is 0 Å². The topological polar surface area (TPSA) is 26.0 Å². The van der Waals surface area contributed by atoms with Gasteiger partial charge in [-0.05, 0) is 61.3 Å². The van der Waals surface area contributed by atoms with Gasteiger partial charge in [0, 0.05) is 11.3 Å². The van der Waals surface area contributed by atoms with Crippen molar-refractivity contribution in [2.75, 3.05) is 5.75 Å². The monoisotopic (exact) mass is 275 g/mol. The molecule has 0 aromatic heterocycles. The molecule has 0 amide bonds. The van der Waals surface area contributed by atoms with Gasteiger partial charge in [0.15, 0.2) is 0 Å². The summed E-state index contributed by atoms with van der Waals surface area (Å²) in [5.74, 6) is 2.03. The lowest BCUT2D eigenvalue weighted by Gasteiger charge is -2.32. The second kappa shape index (κ2) is 6.32. The highest BCUT2D eigenvalue weighted by atomic mass is 32.2. The molecule has 1 heterocycles. The van der Waals surface area contributed by atoms with Gasteiger partial charge in [0.1, 0.15) is 0 Å². The Morgan fingerprint density at radius 2 is 2.05 bits per heavy atom. The van der Waals surface area contributed by atoms with Gasteiger partial charge in [-0.25, -0.2) is 0 Å². The predicted molar refractivity (Wildman–Crippen MR) is 84.8 cm³/mol. The number of rotatable bonds is 3. The van der Waals surface area contributed by atoms with Gasteiger partial charge in [-0.1, -0.05) is 30.7 Å². The van der Waals surface area contributed by atoms with Crippen LogP contribution in [0.3, 0.4) is 0 Å². The van der Waals surface area contributed by atoms with E-state index in [2.05, 4.69) is 36.0 Å². The maximum absolute atomic E-state index is 6.52. The van der Waals surface area contributed by atoms with Crippen LogP contribution in [0.4, 0.5) is 0 Å². The zero-order valence-corrected chi connectivity index (χ0v) is 12.5. The largest absolute Gasteiger partial charge is 0.327 e. The molecule has 3 atom stereocenters. The van der Waals surface area contributed by atoms with Crippen LogP contribution in [0.5, 0.6) is 0 Å². The molecule has 19 heavy (non-hydrogen) atoms. The highest BCUT2D eigenvalue weighted by molar-refractivity contribution is 8.00. The smallest absolute Gasteiger partial charge is 0.0199 e. The highest BCUT2D eigenvalue weighted by Gasteiger charge is 2.27. The number of hydrogen-bond acceptors (Lipinski definition) is 2. The zero-order chi connectivity index (χ0) is 13.1. The molecule has 1 nitrogen and oxygen atoms in total. The number of hydrogen-bond donors (Lipinski definition) is 1. The van der Waals surface area contributed by atoms with Gasteiger partial charge in [-0.3, -0.25) is 0 Å². The number of aryl methyl sites for hydroxylation is 1. The van der Waals surface area contributed by atoms with Gasteiger partial charge in [-0.2, -0.15) is 11.8 Å². The molecule has 0 bridgehead atoms. The summed E-state index contributed by atoms with van der Waals surface area (Å²) in [6.07, 6.45) is 9.23. The van der Waals surface area contributed by atoms with Crippen molar-refractivity contribution >= 4 is 11.8 Å². The Labute approximate surface area is 121 Å². The molecular weight excluding hydrogens is 250 g/mol. The maximum Gasteiger partial charge on any atom is 0.0199 e. The molecule has 0 spiro atoms. The zero-order valence-electron chi connectivity index (χ0n) is 11.7. The lowest BCUT2D eigenvalue weighted by atomic mass is 9.79. The number of thioether (sulfide) groups is 1. The van der Waals surface area contributed by atoms with Crippen LogP contribution < -0.4 is 5.73 Å². The van der Waals surface area contributed by atoms with E-state index in [9.17, 15) is 0 Å². The Morgan fingerprint density at radius 1 is 1.16 bits per heavy atom. The molecule has 1 aromatic rings. The summed E-state index contributed by atoms with van der Waals surface area (Å²) >= 11 is 2.12. The van der Waals surface area contributed by atoms with Crippen LogP contribution in [0.1, 0.15) is 55.6 Å². The van der Waals surface area contributed by atoms with E-state index in [1.165, 1.54) is 50.7 Å². The Bertz CT molecular complexity index is 411. The van der Waals surface area contributed by atoms with Gasteiger partial charge >= 0.3 is 0 Å². The minimum absolute atomic E-state index is 0.390. The van der Waals surface area contributed by atoms with E-state index < -0.39 is 0 Å². The summed E-state index contributed by atoms with van der Waals surface area (Å²) in [4.78, 5) is 0. The first kappa shape index (κ1) is 13.5. The van der Waals surface area contributed by atoms with Crippen molar-refractivity contribution in [2.45, 2.75) is 62.2 Å². The molecular formula is C17H25NS. The van der Waals surface area contributed by atoms with Crippen molar-refractivity contribution in [3.8, 4) is 0 Å². The van der Waals surface area contributed by atoms with Gasteiger partial charge in [0.2, 0.25) is 0 Å². The van der Waals surface area contributed by atoms with Crippen molar-refractivity contribution in [3.63, 3.8) is 0 Å². The molecule has 3 unspecified atom stereocenters. The Kier molecular flexibility index (Phi) is 4.49. The van der Waals surface area contributed by atoms with E-state index in [4.69, 9.17) is 5.73 Å². The lowest BCUT2D eigenvalue weighted by molar-refractivity contribution is 0.444. The SMILES string of the molecule is NC(CC1CCCc2ccccc21)C1CCCCS1. The molecule has 1 aliphatic carbocycles. The highest BCUT2D eigenvalue weighted by Crippen LogP contribution is 2.37. The summed E-state index contributed by atoms with van der Waals surface area (Å²) in [6.45, 7) is 0. The fourth-order valence-electron chi connectivity index (χ4n) is 3.68. The normalized spacial score (nSPS) is 28.7. The minimum atomic E-state index is 0.390. The lowest BCUT2D eigenvalue weighted by Crippen LogP contribution is -2.36. The molecule has 104 valence electrons. The molecule has 0 radical (unpaired) electrons. The molecule has 2 heteroatoms. The first-order valence-corrected chi connectivity index (χ1v) is 8.84. The second-order valence-corrected chi connectivity index (χ2v) is 7.44. The van der Waals surface area contributed by atoms with Gasteiger partial charge in [-0.15, -0.1) is 0 Å². The third kappa shape index (κ3) is 3.17. The predicted octanol–water partition coefficient (Wildman–Crippen LogP) is 4.11. The minimum Gasteiger partial charge on any atom is -0.327 e. The van der Waals surface area contributed by atoms with Crippen molar-refractivity contribution in [2.24, 2.45) is 5.73 Å². The van der Waals surface area contributed by atoms with Crippen molar-refractivity contribution in [1.29, 1.82) is 0 Å². The Hall–Kier alpha value is -0.470. The van der Waals surface area contributed by atoms with E-state index in [0.29, 0.717) is 17.2 Å². The van der Waals surface area contributed by atoms with Crippen molar-refractivity contribution in [3.05, 3.63) is 35.4 Å². The third-order valence-corrected chi connectivity index (χ3v) is 6.28. The standard InChI is InChI=1S/C17H25NS/c18-16(17-10-3-4-11-19-17)12-14-8-5-7-13-6-1-2-9-15(13)14/h1-2,6,9,14,16-17H,3-5,7-8,10-12,18H2. The van der Waals surface area contributed by atoms with Crippen LogP contribution in [-0.2, 0) is 6.42 Å². The van der Waals surface area contributed by atoms with E-state index in [0.717, 1.165) is 0 Å².